The van der Waals surface area contributed by atoms with E-state index in [9.17, 15) is 4.79 Å². The Morgan fingerprint density at radius 1 is 1.07 bits per heavy atom. The van der Waals surface area contributed by atoms with E-state index in [1.165, 1.54) is 25.9 Å². The third kappa shape index (κ3) is 3.84. The molecule has 0 bridgehead atoms. The van der Waals surface area contributed by atoms with Gasteiger partial charge >= 0.3 is 0 Å². The number of hydrogen-bond acceptors (Lipinski definition) is 3. The Morgan fingerprint density at radius 2 is 1.85 bits per heavy atom. The summed E-state index contributed by atoms with van der Waals surface area (Å²) in [5.41, 5.74) is 2.36. The number of thiazole rings is 1. The predicted octanol–water partition coefficient (Wildman–Crippen LogP) is 5.31. The fraction of sp³-hybridized carbons (Fsp3) is 0.182. The Balaban J connectivity index is 1.55. The first-order valence-corrected chi connectivity index (χ1v) is 10.7. The van der Waals surface area contributed by atoms with Crippen molar-refractivity contribution in [3.63, 3.8) is 0 Å². The minimum Gasteiger partial charge on any atom is -0.319 e. The maximum atomic E-state index is 12.4. The lowest BCUT2D eigenvalue weighted by molar-refractivity contribution is -0.117. The lowest BCUT2D eigenvalue weighted by Gasteiger charge is -2.00. The van der Waals surface area contributed by atoms with Gasteiger partial charge in [-0.1, -0.05) is 59.4 Å². The first-order chi connectivity index (χ1) is 13.1. The summed E-state index contributed by atoms with van der Waals surface area (Å²) in [6.45, 7) is 2.07. The Hall–Kier alpha value is -2.37. The zero-order valence-corrected chi connectivity index (χ0v) is 16.9. The molecule has 0 atom stereocenters. The molecule has 1 heterocycles. The fourth-order valence-electron chi connectivity index (χ4n) is 3.02. The predicted molar refractivity (Wildman–Crippen MR) is 115 cm³/mol. The van der Waals surface area contributed by atoms with Crippen LogP contribution in [0.1, 0.15) is 12.0 Å². The van der Waals surface area contributed by atoms with Crippen LogP contribution in [0.5, 0.6) is 0 Å². The number of hydrogen-bond donors (Lipinski definition) is 0. The van der Waals surface area contributed by atoms with Gasteiger partial charge in [-0.25, -0.2) is 0 Å². The molecule has 1 amide bonds. The van der Waals surface area contributed by atoms with Gasteiger partial charge in [-0.2, -0.15) is 4.99 Å². The number of nitrogens with zero attached hydrogens (tertiary/aromatic N) is 2. The molecule has 0 N–H and O–H groups in total. The van der Waals surface area contributed by atoms with E-state index < -0.39 is 0 Å². The van der Waals surface area contributed by atoms with Gasteiger partial charge in [-0.05, 0) is 30.5 Å². The molecule has 3 aromatic carbocycles. The van der Waals surface area contributed by atoms with Crippen molar-refractivity contribution in [3.05, 3.63) is 71.0 Å². The second-order valence-corrected chi connectivity index (χ2v) is 8.64. The van der Waals surface area contributed by atoms with Gasteiger partial charge in [0.05, 0.1) is 10.2 Å². The molecule has 4 rings (SSSR count). The van der Waals surface area contributed by atoms with Crippen molar-refractivity contribution in [2.45, 2.75) is 18.2 Å². The highest BCUT2D eigenvalue weighted by molar-refractivity contribution is 7.99. The van der Waals surface area contributed by atoms with Crippen molar-refractivity contribution in [2.75, 3.05) is 5.75 Å². The number of aryl methyl sites for hydroxylation is 2. The number of amides is 1. The van der Waals surface area contributed by atoms with Gasteiger partial charge in [0.25, 0.3) is 0 Å². The maximum absolute atomic E-state index is 12.4. The molecule has 0 saturated heterocycles. The lowest BCUT2D eigenvalue weighted by Crippen LogP contribution is -2.13. The standard InChI is InChI=1S/C22H20N2OS2/c1-15-7-10-17(11-8-15)26-14-13-20(25)23-22-24(2)19-12-9-16-5-3-4-6-18(16)21(19)27-22/h3-12H,13-14H2,1-2H3. The fourth-order valence-corrected chi connectivity index (χ4v) is 5.03. The van der Waals surface area contributed by atoms with Crippen molar-refractivity contribution in [3.8, 4) is 0 Å². The van der Waals surface area contributed by atoms with Gasteiger partial charge in [-0.3, -0.25) is 4.79 Å². The van der Waals surface area contributed by atoms with Crippen LogP contribution in [0.2, 0.25) is 0 Å². The molecule has 5 heteroatoms. The average Bonchev–Trinajstić information content (AvgIpc) is 2.99. The third-order valence-electron chi connectivity index (χ3n) is 4.53. The normalized spacial score (nSPS) is 12.1. The molecule has 0 aliphatic carbocycles. The van der Waals surface area contributed by atoms with Crippen molar-refractivity contribution in [1.29, 1.82) is 0 Å². The number of rotatable bonds is 4. The van der Waals surface area contributed by atoms with Gasteiger partial charge in [0.15, 0.2) is 4.80 Å². The van der Waals surface area contributed by atoms with Crippen LogP contribution in [0.15, 0.2) is 70.6 Å². The number of benzene rings is 3. The first-order valence-electron chi connectivity index (χ1n) is 8.86. The number of aromatic nitrogens is 1. The van der Waals surface area contributed by atoms with Gasteiger partial charge < -0.3 is 4.57 Å². The van der Waals surface area contributed by atoms with Crippen LogP contribution in [0.4, 0.5) is 0 Å². The Labute approximate surface area is 166 Å². The van der Waals surface area contributed by atoms with Crippen LogP contribution in [0, 0.1) is 6.92 Å². The number of carbonyl (C=O) groups is 1. The van der Waals surface area contributed by atoms with E-state index in [0.717, 1.165) is 16.1 Å². The minimum absolute atomic E-state index is 0.0685. The SMILES string of the molecule is Cc1ccc(SCCC(=O)N=c2sc3c4ccccc4ccc3n2C)cc1. The summed E-state index contributed by atoms with van der Waals surface area (Å²) < 4.78 is 3.19. The topological polar surface area (TPSA) is 34.4 Å². The zero-order chi connectivity index (χ0) is 18.8. The number of thioether (sulfide) groups is 1. The molecule has 0 radical (unpaired) electrons. The molecular formula is C22H20N2OS2. The second kappa shape index (κ2) is 7.71. The largest absolute Gasteiger partial charge is 0.319 e. The van der Waals surface area contributed by atoms with Gasteiger partial charge in [0.2, 0.25) is 5.91 Å². The Kier molecular flexibility index (Phi) is 5.14. The van der Waals surface area contributed by atoms with E-state index in [4.69, 9.17) is 0 Å². The number of carbonyl (C=O) groups excluding carboxylic acids is 1. The van der Waals surface area contributed by atoms with E-state index in [0.29, 0.717) is 6.42 Å². The maximum Gasteiger partial charge on any atom is 0.249 e. The first kappa shape index (κ1) is 18.0. The van der Waals surface area contributed by atoms with Gasteiger partial charge in [0.1, 0.15) is 0 Å². The molecule has 0 unspecified atom stereocenters. The Bertz CT molecular complexity index is 1190. The molecular weight excluding hydrogens is 372 g/mol. The average molecular weight is 393 g/mol. The molecule has 3 nitrogen and oxygen atoms in total. The summed E-state index contributed by atoms with van der Waals surface area (Å²) in [7, 11) is 1.97. The summed E-state index contributed by atoms with van der Waals surface area (Å²) in [6, 6.07) is 20.9. The second-order valence-electron chi connectivity index (χ2n) is 6.50. The Morgan fingerprint density at radius 3 is 2.67 bits per heavy atom. The summed E-state index contributed by atoms with van der Waals surface area (Å²) in [6.07, 6.45) is 0.438. The van der Waals surface area contributed by atoms with Crippen LogP contribution < -0.4 is 4.80 Å². The summed E-state index contributed by atoms with van der Waals surface area (Å²) in [4.78, 5) is 18.7. The van der Waals surface area contributed by atoms with E-state index in [1.807, 2.05) is 23.7 Å². The molecule has 4 aromatic rings. The molecule has 0 spiro atoms. The molecule has 1 aromatic heterocycles. The van der Waals surface area contributed by atoms with Crippen molar-refractivity contribution >= 4 is 50.0 Å². The van der Waals surface area contributed by atoms with Crippen molar-refractivity contribution in [1.82, 2.24) is 4.57 Å². The summed E-state index contributed by atoms with van der Waals surface area (Å²) in [5.74, 6) is 0.671. The van der Waals surface area contributed by atoms with Crippen LogP contribution in [-0.2, 0) is 11.8 Å². The van der Waals surface area contributed by atoms with E-state index in [2.05, 4.69) is 60.4 Å². The molecule has 136 valence electrons. The molecule has 0 saturated carbocycles. The van der Waals surface area contributed by atoms with Crippen molar-refractivity contribution in [2.24, 2.45) is 12.0 Å². The van der Waals surface area contributed by atoms with Crippen LogP contribution in [-0.4, -0.2) is 16.2 Å². The zero-order valence-electron chi connectivity index (χ0n) is 15.3. The number of fused-ring (bicyclic) bond motifs is 3. The quantitative estimate of drug-likeness (QED) is 0.441. The van der Waals surface area contributed by atoms with E-state index in [1.54, 1.807) is 23.1 Å². The monoisotopic (exact) mass is 392 g/mol. The van der Waals surface area contributed by atoms with Crippen molar-refractivity contribution < 1.29 is 4.79 Å². The molecule has 0 aliphatic heterocycles. The van der Waals surface area contributed by atoms with Crippen LogP contribution in [0.25, 0.3) is 21.0 Å². The van der Waals surface area contributed by atoms with E-state index in [-0.39, 0.29) is 5.91 Å². The summed E-state index contributed by atoms with van der Waals surface area (Å²) in [5, 5.41) is 2.42. The highest BCUT2D eigenvalue weighted by Gasteiger charge is 2.08. The van der Waals surface area contributed by atoms with Crippen LogP contribution >= 0.6 is 23.1 Å². The highest BCUT2D eigenvalue weighted by Crippen LogP contribution is 2.27. The van der Waals surface area contributed by atoms with E-state index >= 15 is 0 Å². The molecule has 0 fully saturated rings. The van der Waals surface area contributed by atoms with Gasteiger partial charge in [-0.15, -0.1) is 11.8 Å². The third-order valence-corrected chi connectivity index (χ3v) is 6.72. The minimum atomic E-state index is -0.0685. The highest BCUT2D eigenvalue weighted by atomic mass is 32.2. The smallest absolute Gasteiger partial charge is 0.249 e. The van der Waals surface area contributed by atoms with Crippen LogP contribution in [0.3, 0.4) is 0 Å². The summed E-state index contributed by atoms with van der Waals surface area (Å²) >= 11 is 3.28. The molecule has 27 heavy (non-hydrogen) atoms. The molecule has 0 aliphatic rings. The lowest BCUT2D eigenvalue weighted by atomic mass is 10.1. The van der Waals surface area contributed by atoms with Gasteiger partial charge in [0, 0.05) is 29.5 Å².